The van der Waals surface area contributed by atoms with E-state index in [9.17, 15) is 18.0 Å². The van der Waals surface area contributed by atoms with E-state index < -0.39 is 22.8 Å². The number of aryl methyl sites for hydroxylation is 1. The third-order valence-corrected chi connectivity index (χ3v) is 5.55. The summed E-state index contributed by atoms with van der Waals surface area (Å²) < 4.78 is 49.9. The molecule has 0 aromatic heterocycles. The van der Waals surface area contributed by atoms with Gasteiger partial charge in [0.25, 0.3) is 0 Å². The molecular formula is C21H16ClF3N4O2S. The molecule has 0 atom stereocenters. The Morgan fingerprint density at radius 2 is 1.88 bits per heavy atom. The number of hydrogen-bond acceptors (Lipinski definition) is 5. The summed E-state index contributed by atoms with van der Waals surface area (Å²) >= 11 is 7.04. The fourth-order valence-electron chi connectivity index (χ4n) is 2.96. The number of carbonyl (C=O) groups excluding carboxylic acids is 1. The maximum Gasteiger partial charge on any atom is 0.417 e. The molecule has 2 aromatic rings. The number of rotatable bonds is 4. The van der Waals surface area contributed by atoms with Gasteiger partial charge >= 0.3 is 12.2 Å². The number of nitrogens with one attached hydrogen (secondary N) is 3. The second-order valence-electron chi connectivity index (χ2n) is 6.82. The number of nitrogens with zero attached hydrogens (tertiary/aromatic N) is 1. The van der Waals surface area contributed by atoms with Gasteiger partial charge in [-0.1, -0.05) is 11.6 Å². The first-order valence-corrected chi connectivity index (χ1v) is 10.4. The molecule has 2 aliphatic heterocycles. The number of ether oxygens (including phenoxy) is 1. The first-order valence-electron chi connectivity index (χ1n) is 9.24. The number of hydrogen-bond donors (Lipinski definition) is 3. The number of benzene rings is 2. The van der Waals surface area contributed by atoms with Crippen molar-refractivity contribution in [3.8, 4) is 5.75 Å². The van der Waals surface area contributed by atoms with E-state index in [1.54, 1.807) is 18.2 Å². The minimum atomic E-state index is -4.62. The lowest BCUT2D eigenvalue weighted by molar-refractivity contribution is -0.137. The molecule has 0 saturated heterocycles. The third kappa shape index (κ3) is 4.97. The van der Waals surface area contributed by atoms with Crippen LogP contribution in [0.2, 0.25) is 5.02 Å². The monoisotopic (exact) mass is 480 g/mol. The predicted molar refractivity (Wildman–Crippen MR) is 119 cm³/mol. The Morgan fingerprint density at radius 1 is 1.16 bits per heavy atom. The van der Waals surface area contributed by atoms with Crippen LogP contribution in [0.4, 0.5) is 29.3 Å². The Kier molecular flexibility index (Phi) is 5.98. The van der Waals surface area contributed by atoms with Crippen LogP contribution in [0.3, 0.4) is 0 Å². The van der Waals surface area contributed by atoms with Gasteiger partial charge in [0, 0.05) is 29.9 Å². The largest absolute Gasteiger partial charge is 0.457 e. The Balaban J connectivity index is 1.41. The van der Waals surface area contributed by atoms with Crippen molar-refractivity contribution in [2.24, 2.45) is 0 Å². The smallest absolute Gasteiger partial charge is 0.417 e. The van der Waals surface area contributed by atoms with E-state index in [0.717, 1.165) is 23.4 Å². The van der Waals surface area contributed by atoms with Crippen molar-refractivity contribution >= 4 is 41.1 Å². The number of alkyl halides is 3. The molecule has 0 bridgehead atoms. The van der Waals surface area contributed by atoms with Crippen LogP contribution in [0.15, 0.2) is 72.4 Å². The molecule has 0 fully saturated rings. The SMILES string of the molecule is Cc1cc(NC(=O)Nc2ccc(Cl)c(C(F)(F)F)c2)ccc1OC1=CC2=CNSN2C=C1. The number of allylic oxidation sites excluding steroid dienone is 2. The van der Waals surface area contributed by atoms with Crippen molar-refractivity contribution < 1.29 is 22.7 Å². The van der Waals surface area contributed by atoms with E-state index >= 15 is 0 Å². The van der Waals surface area contributed by atoms with Crippen LogP contribution >= 0.6 is 23.7 Å². The van der Waals surface area contributed by atoms with Crippen LogP contribution in [0.25, 0.3) is 0 Å². The Hall–Kier alpha value is -3.24. The molecule has 2 heterocycles. The van der Waals surface area contributed by atoms with Crippen LogP contribution in [0.5, 0.6) is 5.75 Å². The van der Waals surface area contributed by atoms with Gasteiger partial charge in [-0.05, 0) is 55.0 Å². The Morgan fingerprint density at radius 3 is 2.59 bits per heavy atom. The van der Waals surface area contributed by atoms with E-state index in [1.165, 1.54) is 18.2 Å². The lowest BCUT2D eigenvalue weighted by Crippen LogP contribution is -2.20. The second-order valence-corrected chi connectivity index (χ2v) is 8.04. The number of urea groups is 1. The molecule has 166 valence electrons. The van der Waals surface area contributed by atoms with Crippen LogP contribution in [-0.2, 0) is 6.18 Å². The molecule has 6 nitrogen and oxygen atoms in total. The average Bonchev–Trinajstić information content (AvgIpc) is 3.18. The van der Waals surface area contributed by atoms with Gasteiger partial charge in [0.1, 0.15) is 11.5 Å². The van der Waals surface area contributed by atoms with Crippen molar-refractivity contribution in [2.75, 3.05) is 10.6 Å². The fraction of sp³-hybridized carbons (Fsp3) is 0.0952. The summed E-state index contributed by atoms with van der Waals surface area (Å²) in [5.74, 6) is 1.26. The summed E-state index contributed by atoms with van der Waals surface area (Å²) in [4.78, 5) is 12.2. The van der Waals surface area contributed by atoms with Gasteiger partial charge in [-0.3, -0.25) is 4.31 Å². The molecule has 0 unspecified atom stereocenters. The lowest BCUT2D eigenvalue weighted by atomic mass is 10.2. The van der Waals surface area contributed by atoms with Crippen LogP contribution in [0.1, 0.15) is 11.1 Å². The van der Waals surface area contributed by atoms with Gasteiger partial charge in [0.2, 0.25) is 0 Å². The number of amides is 2. The number of carbonyl (C=O) groups is 1. The molecule has 2 aliphatic rings. The minimum absolute atomic E-state index is 0.0326. The summed E-state index contributed by atoms with van der Waals surface area (Å²) in [6.07, 6.45) is 2.82. The first-order chi connectivity index (χ1) is 15.2. The number of halogens is 4. The molecule has 32 heavy (non-hydrogen) atoms. The zero-order chi connectivity index (χ0) is 22.9. The highest BCUT2D eigenvalue weighted by Crippen LogP contribution is 2.36. The van der Waals surface area contributed by atoms with Gasteiger partial charge in [-0.2, -0.15) is 13.2 Å². The predicted octanol–water partition coefficient (Wildman–Crippen LogP) is 6.41. The number of fused-ring (bicyclic) bond motifs is 1. The van der Waals surface area contributed by atoms with Crippen molar-refractivity contribution in [1.82, 2.24) is 9.03 Å². The van der Waals surface area contributed by atoms with Crippen molar-refractivity contribution in [2.45, 2.75) is 13.1 Å². The second kappa shape index (κ2) is 8.71. The lowest BCUT2D eigenvalue weighted by Gasteiger charge is -2.18. The molecule has 4 rings (SSSR count). The van der Waals surface area contributed by atoms with Gasteiger partial charge in [0.15, 0.2) is 0 Å². The van der Waals surface area contributed by atoms with Gasteiger partial charge in [-0.15, -0.1) is 0 Å². The van der Waals surface area contributed by atoms with E-state index in [4.69, 9.17) is 16.3 Å². The molecule has 0 aliphatic carbocycles. The maximum atomic E-state index is 13.0. The minimum Gasteiger partial charge on any atom is -0.457 e. The molecule has 2 aromatic carbocycles. The molecule has 11 heteroatoms. The molecule has 3 N–H and O–H groups in total. The van der Waals surface area contributed by atoms with Crippen LogP contribution in [-0.4, -0.2) is 10.3 Å². The molecule has 0 saturated carbocycles. The van der Waals surface area contributed by atoms with E-state index in [-0.39, 0.29) is 5.69 Å². The number of anilines is 2. The molecular weight excluding hydrogens is 465 g/mol. The average molecular weight is 481 g/mol. The highest BCUT2D eigenvalue weighted by atomic mass is 35.5. The normalized spacial score (nSPS) is 14.8. The summed E-state index contributed by atoms with van der Waals surface area (Å²) in [6.45, 7) is 1.82. The quantitative estimate of drug-likeness (QED) is 0.441. The summed E-state index contributed by atoms with van der Waals surface area (Å²) in [5, 5.41) is 4.52. The van der Waals surface area contributed by atoms with Gasteiger partial charge < -0.3 is 20.1 Å². The van der Waals surface area contributed by atoms with Crippen LogP contribution < -0.4 is 20.1 Å². The van der Waals surface area contributed by atoms with Gasteiger partial charge in [-0.25, -0.2) is 4.79 Å². The molecule has 0 spiro atoms. The summed E-state index contributed by atoms with van der Waals surface area (Å²) in [7, 11) is 0. The summed E-state index contributed by atoms with van der Waals surface area (Å²) in [5.41, 5.74) is 1.12. The third-order valence-electron chi connectivity index (χ3n) is 4.47. The highest BCUT2D eigenvalue weighted by molar-refractivity contribution is 7.95. The van der Waals surface area contributed by atoms with E-state index in [0.29, 0.717) is 17.2 Å². The Bertz CT molecular complexity index is 1160. The van der Waals surface area contributed by atoms with Crippen molar-refractivity contribution in [1.29, 1.82) is 0 Å². The fourth-order valence-corrected chi connectivity index (χ4v) is 3.81. The van der Waals surface area contributed by atoms with Crippen molar-refractivity contribution in [3.05, 3.63) is 88.6 Å². The maximum absolute atomic E-state index is 13.0. The topological polar surface area (TPSA) is 65.6 Å². The molecule has 2 amide bonds. The highest BCUT2D eigenvalue weighted by Gasteiger charge is 2.33. The van der Waals surface area contributed by atoms with Crippen LogP contribution in [0, 0.1) is 6.92 Å². The van der Waals surface area contributed by atoms with Crippen molar-refractivity contribution in [3.63, 3.8) is 0 Å². The van der Waals surface area contributed by atoms with Gasteiger partial charge in [0.05, 0.1) is 28.4 Å². The van der Waals surface area contributed by atoms with E-state index in [1.807, 2.05) is 35.8 Å². The molecule has 0 radical (unpaired) electrons. The Labute approximate surface area is 191 Å². The standard InChI is InChI=1S/C21H16ClF3N4O2S/c1-12-8-13(3-5-19(12)31-16-6-7-29-15(10-16)11-26-32-29)27-20(30)28-14-2-4-18(22)17(9-14)21(23,24)25/h2-11,26H,1H3,(H2,27,28,30). The zero-order valence-electron chi connectivity index (χ0n) is 16.5. The summed E-state index contributed by atoms with van der Waals surface area (Å²) in [6, 6.07) is 7.50. The first kappa shape index (κ1) is 22.0. The zero-order valence-corrected chi connectivity index (χ0v) is 18.0. The van der Waals surface area contributed by atoms with E-state index in [2.05, 4.69) is 15.4 Å².